The minimum atomic E-state index is -4.32. The number of amides is 1. The number of carbonyl (C=O) groups excluding carboxylic acids is 1. The molecule has 3 atom stereocenters. The van der Waals surface area contributed by atoms with Crippen molar-refractivity contribution in [3.8, 4) is 0 Å². The van der Waals surface area contributed by atoms with Gasteiger partial charge in [-0.25, -0.2) is 0 Å². The molecule has 3 unspecified atom stereocenters. The molecular weight excluding hydrogens is 293 g/mol. The van der Waals surface area contributed by atoms with Crippen molar-refractivity contribution in [2.24, 2.45) is 11.7 Å². The summed E-state index contributed by atoms with van der Waals surface area (Å²) in [6.07, 6.45) is -1.74. The summed E-state index contributed by atoms with van der Waals surface area (Å²) in [4.78, 5) is 14.2. The van der Waals surface area contributed by atoms with Crippen molar-refractivity contribution in [3.05, 3.63) is 35.4 Å². The molecule has 1 saturated heterocycles. The number of likely N-dealkylation sites (tertiary alicyclic amines) is 1. The van der Waals surface area contributed by atoms with Crippen molar-refractivity contribution < 1.29 is 18.0 Å². The summed E-state index contributed by atoms with van der Waals surface area (Å²) in [7, 11) is 0. The number of benzene rings is 1. The van der Waals surface area contributed by atoms with E-state index in [9.17, 15) is 18.0 Å². The van der Waals surface area contributed by atoms with Gasteiger partial charge in [-0.15, -0.1) is 0 Å². The molecule has 120 valence electrons. The lowest BCUT2D eigenvalue weighted by Gasteiger charge is -2.31. The van der Waals surface area contributed by atoms with E-state index in [1.807, 2.05) is 4.90 Å². The zero-order valence-electron chi connectivity index (χ0n) is 12.1. The normalized spacial score (nSPS) is 28.5. The Morgan fingerprint density at radius 2 is 1.91 bits per heavy atom. The molecule has 1 aromatic rings. The van der Waals surface area contributed by atoms with Crippen molar-refractivity contribution in [1.82, 2.24) is 4.90 Å². The number of nitrogens with two attached hydrogens (primary N) is 1. The lowest BCUT2D eigenvalue weighted by atomic mass is 10.0. The lowest BCUT2D eigenvalue weighted by molar-refractivity contribution is -0.137. The SMILES string of the molecule is NC1CCCN(C(=O)C2CC2c2ccc(C(F)(F)F)cc2)C1. The molecule has 0 radical (unpaired) electrons. The van der Waals surface area contributed by atoms with E-state index in [2.05, 4.69) is 0 Å². The van der Waals surface area contributed by atoms with Gasteiger partial charge < -0.3 is 10.6 Å². The number of nitrogens with zero attached hydrogens (tertiary/aromatic N) is 1. The fraction of sp³-hybridized carbons (Fsp3) is 0.562. The van der Waals surface area contributed by atoms with Crippen LogP contribution in [-0.2, 0) is 11.0 Å². The summed E-state index contributed by atoms with van der Waals surface area (Å²) in [5.41, 5.74) is 6.05. The van der Waals surface area contributed by atoms with E-state index >= 15 is 0 Å². The van der Waals surface area contributed by atoms with E-state index in [0.717, 1.165) is 43.5 Å². The highest BCUT2D eigenvalue weighted by Crippen LogP contribution is 2.49. The third-order valence-electron chi connectivity index (χ3n) is 4.54. The minimum Gasteiger partial charge on any atom is -0.341 e. The molecule has 1 aliphatic heterocycles. The third kappa shape index (κ3) is 3.11. The quantitative estimate of drug-likeness (QED) is 0.913. The molecule has 22 heavy (non-hydrogen) atoms. The van der Waals surface area contributed by atoms with Crippen LogP contribution in [0.2, 0.25) is 0 Å². The summed E-state index contributed by atoms with van der Waals surface area (Å²) in [5, 5.41) is 0. The molecule has 1 aromatic carbocycles. The first-order valence-corrected chi connectivity index (χ1v) is 7.58. The largest absolute Gasteiger partial charge is 0.416 e. The molecule has 2 N–H and O–H groups in total. The summed E-state index contributed by atoms with van der Waals surface area (Å²) >= 11 is 0. The van der Waals surface area contributed by atoms with Gasteiger partial charge in [0.1, 0.15) is 0 Å². The standard InChI is InChI=1S/C16H19F3N2O/c17-16(18,19)11-5-3-10(4-6-11)13-8-14(13)15(22)21-7-1-2-12(20)9-21/h3-6,12-14H,1-2,7-9,20H2. The van der Waals surface area contributed by atoms with Crippen molar-refractivity contribution in [2.45, 2.75) is 37.4 Å². The molecule has 0 spiro atoms. The predicted molar refractivity (Wildman–Crippen MR) is 76.1 cm³/mol. The highest BCUT2D eigenvalue weighted by Gasteiger charge is 2.46. The van der Waals surface area contributed by atoms with E-state index in [1.165, 1.54) is 12.1 Å². The Labute approximate surface area is 127 Å². The van der Waals surface area contributed by atoms with Gasteiger partial charge in [0.15, 0.2) is 0 Å². The van der Waals surface area contributed by atoms with Gasteiger partial charge in [0.25, 0.3) is 0 Å². The van der Waals surface area contributed by atoms with E-state index in [-0.39, 0.29) is 23.8 Å². The van der Waals surface area contributed by atoms with Crippen LogP contribution in [0.4, 0.5) is 13.2 Å². The zero-order chi connectivity index (χ0) is 15.9. The maximum Gasteiger partial charge on any atom is 0.416 e. The van der Waals surface area contributed by atoms with Crippen LogP contribution in [0.1, 0.15) is 36.3 Å². The molecule has 1 aliphatic carbocycles. The van der Waals surface area contributed by atoms with Crippen molar-refractivity contribution >= 4 is 5.91 Å². The predicted octanol–water partition coefficient (Wildman–Crippen LogP) is 2.76. The zero-order valence-corrected chi connectivity index (χ0v) is 12.1. The number of piperidine rings is 1. The molecule has 0 aromatic heterocycles. The molecule has 0 bridgehead atoms. The maximum absolute atomic E-state index is 12.5. The van der Waals surface area contributed by atoms with E-state index in [4.69, 9.17) is 5.73 Å². The monoisotopic (exact) mass is 312 g/mol. The van der Waals surface area contributed by atoms with Gasteiger partial charge in [0, 0.05) is 25.0 Å². The average Bonchev–Trinajstić information content (AvgIpc) is 3.26. The summed E-state index contributed by atoms with van der Waals surface area (Å²) in [6, 6.07) is 5.20. The molecule has 1 saturated carbocycles. The van der Waals surface area contributed by atoms with Gasteiger partial charge in [-0.2, -0.15) is 13.2 Å². The second-order valence-electron chi connectivity index (χ2n) is 6.26. The topological polar surface area (TPSA) is 46.3 Å². The molecule has 3 nitrogen and oxygen atoms in total. The second kappa shape index (κ2) is 5.57. The van der Waals surface area contributed by atoms with Crippen LogP contribution in [0.15, 0.2) is 24.3 Å². The van der Waals surface area contributed by atoms with Crippen LogP contribution in [0.5, 0.6) is 0 Å². The molecular formula is C16H19F3N2O. The number of alkyl halides is 3. The van der Waals surface area contributed by atoms with Crippen LogP contribution in [0.3, 0.4) is 0 Å². The minimum absolute atomic E-state index is 0.0426. The van der Waals surface area contributed by atoms with E-state index in [1.54, 1.807) is 0 Å². The Morgan fingerprint density at radius 3 is 2.50 bits per heavy atom. The van der Waals surface area contributed by atoms with Gasteiger partial charge in [-0.3, -0.25) is 4.79 Å². The molecule has 1 amide bonds. The average molecular weight is 312 g/mol. The number of hydrogen-bond acceptors (Lipinski definition) is 2. The Hall–Kier alpha value is -1.56. The van der Waals surface area contributed by atoms with Gasteiger partial charge in [0.05, 0.1) is 5.56 Å². The van der Waals surface area contributed by atoms with Gasteiger partial charge in [-0.05, 0) is 42.9 Å². The highest BCUT2D eigenvalue weighted by atomic mass is 19.4. The number of halogens is 3. The first-order chi connectivity index (χ1) is 10.4. The van der Waals surface area contributed by atoms with Crippen molar-refractivity contribution in [3.63, 3.8) is 0 Å². The van der Waals surface area contributed by atoms with Gasteiger partial charge in [0.2, 0.25) is 5.91 Å². The Bertz CT molecular complexity index is 556. The smallest absolute Gasteiger partial charge is 0.341 e. The first kappa shape index (κ1) is 15.3. The molecule has 1 heterocycles. The number of hydrogen-bond donors (Lipinski definition) is 1. The molecule has 3 rings (SSSR count). The lowest BCUT2D eigenvalue weighted by Crippen LogP contribution is -2.46. The summed E-state index contributed by atoms with van der Waals surface area (Å²) in [5.74, 6) is 0.0509. The van der Waals surface area contributed by atoms with Crippen LogP contribution in [0.25, 0.3) is 0 Å². The first-order valence-electron chi connectivity index (χ1n) is 7.58. The van der Waals surface area contributed by atoms with E-state index < -0.39 is 11.7 Å². The number of rotatable bonds is 2. The third-order valence-corrected chi connectivity index (χ3v) is 4.54. The molecule has 6 heteroatoms. The fourth-order valence-corrected chi connectivity index (χ4v) is 3.20. The van der Waals surface area contributed by atoms with Crippen LogP contribution >= 0.6 is 0 Å². The molecule has 2 aliphatic rings. The molecule has 2 fully saturated rings. The van der Waals surface area contributed by atoms with Crippen LogP contribution < -0.4 is 5.73 Å². The van der Waals surface area contributed by atoms with Crippen LogP contribution in [-0.4, -0.2) is 29.9 Å². The fourth-order valence-electron chi connectivity index (χ4n) is 3.20. The van der Waals surface area contributed by atoms with Crippen molar-refractivity contribution in [2.75, 3.05) is 13.1 Å². The summed E-state index contributed by atoms with van der Waals surface area (Å²) in [6.45, 7) is 1.33. The maximum atomic E-state index is 12.5. The Kier molecular flexibility index (Phi) is 3.89. The van der Waals surface area contributed by atoms with Crippen molar-refractivity contribution in [1.29, 1.82) is 0 Å². The Balaban J connectivity index is 1.63. The number of carbonyl (C=O) groups is 1. The van der Waals surface area contributed by atoms with Gasteiger partial charge >= 0.3 is 6.18 Å². The van der Waals surface area contributed by atoms with Crippen LogP contribution in [0, 0.1) is 5.92 Å². The van der Waals surface area contributed by atoms with Gasteiger partial charge in [-0.1, -0.05) is 12.1 Å². The van der Waals surface area contributed by atoms with E-state index in [0.29, 0.717) is 6.54 Å². The second-order valence-corrected chi connectivity index (χ2v) is 6.26. The Morgan fingerprint density at radius 1 is 1.23 bits per heavy atom. The highest BCUT2D eigenvalue weighted by molar-refractivity contribution is 5.83. The summed E-state index contributed by atoms with van der Waals surface area (Å²) < 4.78 is 37.6.